The van der Waals surface area contributed by atoms with Crippen LogP contribution in [0.25, 0.3) is 0 Å². The quantitative estimate of drug-likeness (QED) is 0.480. The summed E-state index contributed by atoms with van der Waals surface area (Å²) in [5, 5.41) is 3.16. The highest BCUT2D eigenvalue weighted by Crippen LogP contribution is 2.25. The van der Waals surface area contributed by atoms with Gasteiger partial charge in [-0.2, -0.15) is 19.2 Å². The zero-order valence-corrected chi connectivity index (χ0v) is 20.5. The maximum absolute atomic E-state index is 11.6. The number of unbranched alkanes of at least 4 members (excludes halogenated alkanes) is 1. The predicted octanol–water partition coefficient (Wildman–Crippen LogP) is 5.28. The van der Waals surface area contributed by atoms with Crippen LogP contribution in [0, 0.1) is 0 Å². The molecule has 0 fully saturated rings. The summed E-state index contributed by atoms with van der Waals surface area (Å²) in [7, 11) is 0. The molecule has 7 heteroatoms. The van der Waals surface area contributed by atoms with Crippen molar-refractivity contribution in [3.8, 4) is 11.5 Å². The fourth-order valence-corrected chi connectivity index (χ4v) is 3.57. The van der Waals surface area contributed by atoms with Gasteiger partial charge in [-0.05, 0) is 73.9 Å². The van der Waals surface area contributed by atoms with Crippen LogP contribution in [0.3, 0.4) is 0 Å². The molecule has 0 bridgehead atoms. The number of nitrogens with one attached hydrogen (secondary N) is 1. The highest BCUT2D eigenvalue weighted by molar-refractivity contribution is 5.73. The van der Waals surface area contributed by atoms with E-state index in [9.17, 15) is 4.79 Å². The molecule has 0 atom stereocenters. The van der Waals surface area contributed by atoms with E-state index in [2.05, 4.69) is 50.4 Å². The van der Waals surface area contributed by atoms with E-state index in [4.69, 9.17) is 23.9 Å². The zero-order chi connectivity index (χ0) is 25.8. The van der Waals surface area contributed by atoms with Crippen LogP contribution in [0.1, 0.15) is 70.9 Å². The molecule has 0 saturated heterocycles. The average Bonchev–Trinajstić information content (AvgIpc) is 2.83. The van der Waals surface area contributed by atoms with Crippen molar-refractivity contribution in [2.24, 2.45) is 0 Å². The smallest absolute Gasteiger partial charge is 0.373 e. The van der Waals surface area contributed by atoms with Crippen molar-refractivity contribution in [2.75, 3.05) is 0 Å². The van der Waals surface area contributed by atoms with Crippen LogP contribution < -0.4 is 10.1 Å². The lowest BCUT2D eigenvalue weighted by molar-refractivity contribution is -0.193. The Kier molecular flexibility index (Phi) is 16.1. The molecule has 2 rings (SSSR count). The van der Waals surface area contributed by atoms with Crippen molar-refractivity contribution >= 4 is 18.2 Å². The minimum absolute atomic E-state index is 0.0492. The lowest BCUT2D eigenvalue weighted by Gasteiger charge is -2.32. The molecule has 1 amide bonds. The Bertz CT molecular complexity index is 878. The third kappa shape index (κ3) is 12.5. The molecule has 0 radical (unpaired) electrons. The number of ether oxygens (including phenoxy) is 1. The minimum Gasteiger partial charge on any atom is -0.457 e. The van der Waals surface area contributed by atoms with E-state index in [1.54, 1.807) is 6.92 Å². The first-order valence-corrected chi connectivity index (χ1v) is 11.5. The highest BCUT2D eigenvalue weighted by atomic mass is 16.5. The summed E-state index contributed by atoms with van der Waals surface area (Å²) in [6.45, 7) is 8.10. The van der Waals surface area contributed by atoms with Gasteiger partial charge in [-0.15, -0.1) is 0 Å². The number of carbonyl (C=O) groups excluding carboxylic acids is 5. The van der Waals surface area contributed by atoms with Gasteiger partial charge in [0.25, 0.3) is 0 Å². The average molecular weight is 470 g/mol. The Morgan fingerprint density at radius 1 is 0.794 bits per heavy atom. The molecule has 34 heavy (non-hydrogen) atoms. The second-order valence-electron chi connectivity index (χ2n) is 7.83. The van der Waals surface area contributed by atoms with Gasteiger partial charge in [0.1, 0.15) is 11.5 Å². The second-order valence-corrected chi connectivity index (χ2v) is 7.83. The topological polar surface area (TPSA) is 107 Å². The predicted molar refractivity (Wildman–Crippen MR) is 127 cm³/mol. The molecule has 0 aromatic heterocycles. The number of amides is 1. The largest absolute Gasteiger partial charge is 0.457 e. The van der Waals surface area contributed by atoms with E-state index in [0.717, 1.165) is 43.6 Å². The number of rotatable bonds is 11. The molecule has 0 aliphatic carbocycles. The molecule has 0 saturated carbocycles. The van der Waals surface area contributed by atoms with Gasteiger partial charge in [-0.1, -0.05) is 51.5 Å². The van der Waals surface area contributed by atoms with Crippen molar-refractivity contribution in [3.63, 3.8) is 0 Å². The zero-order valence-electron chi connectivity index (χ0n) is 20.5. The van der Waals surface area contributed by atoms with Gasteiger partial charge in [0.2, 0.25) is 5.91 Å². The summed E-state index contributed by atoms with van der Waals surface area (Å²) < 4.78 is 5.98. The first kappa shape index (κ1) is 30.5. The molecule has 7 nitrogen and oxygen atoms in total. The summed E-state index contributed by atoms with van der Waals surface area (Å²) in [4.78, 5) is 44.1. The molecule has 184 valence electrons. The van der Waals surface area contributed by atoms with Gasteiger partial charge >= 0.3 is 12.3 Å². The van der Waals surface area contributed by atoms with Crippen molar-refractivity contribution in [2.45, 2.75) is 78.2 Å². The van der Waals surface area contributed by atoms with E-state index in [1.165, 1.54) is 24.0 Å². The maximum Gasteiger partial charge on any atom is 0.373 e. The summed E-state index contributed by atoms with van der Waals surface area (Å²) in [5.74, 6) is 1.77. The summed E-state index contributed by atoms with van der Waals surface area (Å²) in [6, 6.07) is 16.7. The molecule has 1 N–H and O–H groups in total. The van der Waals surface area contributed by atoms with E-state index >= 15 is 0 Å². The summed E-state index contributed by atoms with van der Waals surface area (Å²) in [6.07, 6.45) is 7.83. The fraction of sp³-hybridized carbons (Fsp3) is 0.444. The molecule has 2 aromatic carbocycles. The van der Waals surface area contributed by atoms with Gasteiger partial charge in [-0.3, -0.25) is 4.79 Å². The van der Waals surface area contributed by atoms with E-state index in [1.807, 2.05) is 24.3 Å². The molecular formula is C27H35NO6. The van der Waals surface area contributed by atoms with Crippen LogP contribution in [0.15, 0.2) is 48.5 Å². The third-order valence-electron chi connectivity index (χ3n) is 5.59. The van der Waals surface area contributed by atoms with Gasteiger partial charge in [0, 0.05) is 12.5 Å². The van der Waals surface area contributed by atoms with Crippen LogP contribution in [0.4, 0.5) is 0 Å². The van der Waals surface area contributed by atoms with Crippen LogP contribution in [0.5, 0.6) is 11.5 Å². The van der Waals surface area contributed by atoms with E-state index in [0.29, 0.717) is 0 Å². The number of hydrogen-bond donors (Lipinski definition) is 1. The first-order chi connectivity index (χ1) is 16.3. The standard InChI is InChI=1S/C25H35NO2.2CO2/c1-5-8-9-21-10-14-23(15-11-21)28-24-16-12-22(13-17-24)18-19-25(6-2,7-3)26-20(4)27;2*2-1-3/h10-17H,5-9,18-19H2,1-4H3,(H,26,27);;. The Hall–Kier alpha value is -3.53. The molecule has 2 aromatic rings. The van der Waals surface area contributed by atoms with Crippen LogP contribution in [0.2, 0.25) is 0 Å². The first-order valence-electron chi connectivity index (χ1n) is 11.5. The summed E-state index contributed by atoms with van der Waals surface area (Å²) >= 11 is 0. The normalized spacial score (nSPS) is 9.76. The van der Waals surface area contributed by atoms with Gasteiger partial charge < -0.3 is 10.1 Å². The second kappa shape index (κ2) is 18.0. The molecular weight excluding hydrogens is 434 g/mol. The lowest BCUT2D eigenvalue weighted by Crippen LogP contribution is -2.47. The van der Waals surface area contributed by atoms with Crippen LogP contribution in [-0.4, -0.2) is 23.7 Å². The van der Waals surface area contributed by atoms with Crippen molar-refractivity contribution < 1.29 is 28.7 Å². The van der Waals surface area contributed by atoms with E-state index in [-0.39, 0.29) is 23.7 Å². The number of hydrogen-bond acceptors (Lipinski definition) is 6. The van der Waals surface area contributed by atoms with Gasteiger partial charge in [0.15, 0.2) is 0 Å². The van der Waals surface area contributed by atoms with Gasteiger partial charge in [-0.25, -0.2) is 0 Å². The lowest BCUT2D eigenvalue weighted by atomic mass is 9.86. The Morgan fingerprint density at radius 2 is 1.21 bits per heavy atom. The molecule has 0 unspecified atom stereocenters. The molecule has 0 aliphatic rings. The number of aryl methyl sites for hydroxylation is 2. The van der Waals surface area contributed by atoms with Crippen molar-refractivity contribution in [1.29, 1.82) is 0 Å². The van der Waals surface area contributed by atoms with E-state index < -0.39 is 0 Å². The SMILES string of the molecule is CCCCc1ccc(Oc2ccc(CCC(CC)(CC)NC(C)=O)cc2)cc1.O=C=O.O=C=O. The Labute approximate surface area is 201 Å². The summed E-state index contributed by atoms with van der Waals surface area (Å²) in [5.41, 5.74) is 2.51. The Balaban J connectivity index is 0.00000164. The van der Waals surface area contributed by atoms with Crippen molar-refractivity contribution in [1.82, 2.24) is 5.32 Å². The van der Waals surface area contributed by atoms with Crippen LogP contribution >= 0.6 is 0 Å². The highest BCUT2D eigenvalue weighted by Gasteiger charge is 2.26. The van der Waals surface area contributed by atoms with Crippen LogP contribution in [-0.2, 0) is 36.8 Å². The third-order valence-corrected chi connectivity index (χ3v) is 5.59. The molecule has 0 aliphatic heterocycles. The maximum atomic E-state index is 11.6. The number of benzene rings is 2. The fourth-order valence-electron chi connectivity index (χ4n) is 3.57. The Morgan fingerprint density at radius 3 is 1.56 bits per heavy atom. The monoisotopic (exact) mass is 469 g/mol. The minimum atomic E-state index is -0.111. The van der Waals surface area contributed by atoms with Crippen molar-refractivity contribution in [3.05, 3.63) is 59.7 Å². The molecule has 0 heterocycles. The van der Waals surface area contributed by atoms with Gasteiger partial charge in [0.05, 0.1) is 0 Å². The molecule has 0 spiro atoms. The number of carbonyl (C=O) groups is 1.